The van der Waals surface area contributed by atoms with Crippen LogP contribution >= 0.6 is 0 Å². The van der Waals surface area contributed by atoms with Crippen LogP contribution in [-0.4, -0.2) is 33.4 Å². The third-order valence-corrected chi connectivity index (χ3v) is 3.87. The van der Waals surface area contributed by atoms with Gasteiger partial charge in [0, 0.05) is 25.7 Å². The van der Waals surface area contributed by atoms with Crippen LogP contribution in [0.4, 0.5) is 0 Å². The molecule has 0 radical (unpaired) electrons. The highest BCUT2D eigenvalue weighted by Crippen LogP contribution is 2.17. The van der Waals surface area contributed by atoms with E-state index in [4.69, 9.17) is 0 Å². The third-order valence-electron chi connectivity index (χ3n) is 3.87. The van der Waals surface area contributed by atoms with Crippen LogP contribution in [0.3, 0.4) is 0 Å². The first kappa shape index (κ1) is 12.2. The molecule has 0 atom stereocenters. The Morgan fingerprint density at radius 2 is 1.89 bits per heavy atom. The number of hydrogen-bond acceptors (Lipinski definition) is 2. The first-order chi connectivity index (χ1) is 9.25. The van der Waals surface area contributed by atoms with Crippen LogP contribution in [0.5, 0.6) is 0 Å². The number of amides is 1. The number of benzene rings is 1. The minimum atomic E-state index is 0.157. The van der Waals surface area contributed by atoms with Crippen molar-refractivity contribution in [2.24, 2.45) is 7.05 Å². The summed E-state index contributed by atoms with van der Waals surface area (Å²) in [4.78, 5) is 18.8. The Morgan fingerprint density at radius 3 is 2.63 bits per heavy atom. The molecule has 2 aromatic rings. The predicted molar refractivity (Wildman–Crippen MR) is 75.1 cm³/mol. The van der Waals surface area contributed by atoms with Crippen molar-refractivity contribution in [2.45, 2.75) is 25.7 Å². The Bertz CT molecular complexity index is 594. The lowest BCUT2D eigenvalue weighted by Crippen LogP contribution is -2.31. The molecule has 0 unspecified atom stereocenters. The number of fused-ring (bicyclic) bond motifs is 1. The smallest absolute Gasteiger partial charge is 0.253 e. The molecule has 0 N–H and O–H groups in total. The summed E-state index contributed by atoms with van der Waals surface area (Å²) in [6.45, 7) is 1.78. The topological polar surface area (TPSA) is 38.1 Å². The zero-order valence-electron chi connectivity index (χ0n) is 11.3. The fraction of sp³-hybridized carbons (Fsp3) is 0.467. The summed E-state index contributed by atoms with van der Waals surface area (Å²) in [5, 5.41) is 0. The van der Waals surface area contributed by atoms with Crippen LogP contribution in [0.1, 0.15) is 36.0 Å². The van der Waals surface area contributed by atoms with Gasteiger partial charge in [-0.15, -0.1) is 0 Å². The standard InChI is InChI=1S/C15H19N3O/c1-17-11-16-13-7-6-12(10-14(13)17)15(19)18-8-4-2-3-5-9-18/h6-7,10-11H,2-5,8-9H2,1H3. The molecular formula is C15H19N3O. The zero-order valence-corrected chi connectivity index (χ0v) is 11.3. The highest BCUT2D eigenvalue weighted by Gasteiger charge is 2.17. The quantitative estimate of drug-likeness (QED) is 0.787. The average Bonchev–Trinajstić information content (AvgIpc) is 2.67. The zero-order chi connectivity index (χ0) is 13.2. The number of hydrogen-bond donors (Lipinski definition) is 0. The molecule has 1 fully saturated rings. The largest absolute Gasteiger partial charge is 0.339 e. The molecular weight excluding hydrogens is 238 g/mol. The van der Waals surface area contributed by atoms with Crippen LogP contribution in [0.2, 0.25) is 0 Å². The number of carbonyl (C=O) groups is 1. The number of likely N-dealkylation sites (tertiary alicyclic amines) is 1. The van der Waals surface area contributed by atoms with E-state index in [9.17, 15) is 4.79 Å². The van der Waals surface area contributed by atoms with E-state index in [-0.39, 0.29) is 5.91 Å². The van der Waals surface area contributed by atoms with Crippen molar-refractivity contribution < 1.29 is 4.79 Å². The Balaban J connectivity index is 1.89. The minimum Gasteiger partial charge on any atom is -0.339 e. The maximum absolute atomic E-state index is 12.5. The Kier molecular flexibility index (Phi) is 3.23. The summed E-state index contributed by atoms with van der Waals surface area (Å²) < 4.78 is 1.95. The number of nitrogens with zero attached hydrogens (tertiary/aromatic N) is 3. The molecule has 1 aliphatic heterocycles. The van der Waals surface area contributed by atoms with E-state index in [2.05, 4.69) is 4.98 Å². The van der Waals surface area contributed by atoms with Gasteiger partial charge in [0.25, 0.3) is 5.91 Å². The van der Waals surface area contributed by atoms with E-state index in [0.29, 0.717) is 0 Å². The van der Waals surface area contributed by atoms with Crippen molar-refractivity contribution in [3.05, 3.63) is 30.1 Å². The molecule has 0 spiro atoms. The Hall–Kier alpha value is -1.84. The van der Waals surface area contributed by atoms with Gasteiger partial charge in [0.2, 0.25) is 0 Å². The first-order valence-corrected chi connectivity index (χ1v) is 6.96. The van der Waals surface area contributed by atoms with Crippen LogP contribution < -0.4 is 0 Å². The van der Waals surface area contributed by atoms with E-state index in [1.807, 2.05) is 34.7 Å². The molecule has 0 saturated carbocycles. The maximum Gasteiger partial charge on any atom is 0.253 e. The third kappa shape index (κ3) is 2.35. The number of aryl methyl sites for hydroxylation is 1. The molecule has 0 aliphatic carbocycles. The predicted octanol–water partition coefficient (Wildman–Crippen LogP) is 2.59. The SMILES string of the molecule is Cn1cnc2ccc(C(=O)N3CCCCCC3)cc21. The molecule has 1 aliphatic rings. The maximum atomic E-state index is 12.5. The molecule has 2 heterocycles. The van der Waals surface area contributed by atoms with E-state index in [1.54, 1.807) is 6.33 Å². The van der Waals surface area contributed by atoms with Crippen LogP contribution in [0.15, 0.2) is 24.5 Å². The lowest BCUT2D eigenvalue weighted by Gasteiger charge is -2.20. The summed E-state index contributed by atoms with van der Waals surface area (Å²) in [5.41, 5.74) is 2.73. The van der Waals surface area contributed by atoms with E-state index < -0.39 is 0 Å². The number of imidazole rings is 1. The van der Waals surface area contributed by atoms with Gasteiger partial charge in [-0.25, -0.2) is 4.98 Å². The van der Waals surface area contributed by atoms with Crippen LogP contribution in [0, 0.1) is 0 Å². The molecule has 4 heteroatoms. The molecule has 3 rings (SSSR count). The van der Waals surface area contributed by atoms with E-state index in [0.717, 1.165) is 42.5 Å². The molecule has 1 aromatic heterocycles. The van der Waals surface area contributed by atoms with Crippen molar-refractivity contribution in [1.82, 2.24) is 14.5 Å². The molecule has 4 nitrogen and oxygen atoms in total. The summed E-state index contributed by atoms with van der Waals surface area (Å²) >= 11 is 0. The normalized spacial score (nSPS) is 16.6. The number of rotatable bonds is 1. The fourth-order valence-corrected chi connectivity index (χ4v) is 2.72. The second kappa shape index (κ2) is 5.03. The second-order valence-electron chi connectivity index (χ2n) is 5.27. The molecule has 1 aromatic carbocycles. The lowest BCUT2D eigenvalue weighted by atomic mass is 10.1. The van der Waals surface area contributed by atoms with Crippen molar-refractivity contribution in [1.29, 1.82) is 0 Å². The summed E-state index contributed by atoms with van der Waals surface area (Å²) in [7, 11) is 1.95. The van der Waals surface area contributed by atoms with E-state index in [1.165, 1.54) is 12.8 Å². The van der Waals surface area contributed by atoms with Crippen LogP contribution in [0.25, 0.3) is 11.0 Å². The van der Waals surface area contributed by atoms with Gasteiger partial charge in [-0.1, -0.05) is 12.8 Å². The summed E-state index contributed by atoms with van der Waals surface area (Å²) in [5.74, 6) is 0.157. The van der Waals surface area contributed by atoms with Crippen LogP contribution in [-0.2, 0) is 7.05 Å². The van der Waals surface area contributed by atoms with E-state index >= 15 is 0 Å². The van der Waals surface area contributed by atoms with Gasteiger partial charge < -0.3 is 9.47 Å². The number of carbonyl (C=O) groups excluding carboxylic acids is 1. The lowest BCUT2D eigenvalue weighted by molar-refractivity contribution is 0.0762. The highest BCUT2D eigenvalue weighted by molar-refractivity contribution is 5.97. The van der Waals surface area contributed by atoms with Gasteiger partial charge in [-0.2, -0.15) is 0 Å². The minimum absolute atomic E-state index is 0.157. The Morgan fingerprint density at radius 1 is 1.16 bits per heavy atom. The van der Waals surface area contributed by atoms with Gasteiger partial charge in [0.05, 0.1) is 17.4 Å². The molecule has 0 bridgehead atoms. The van der Waals surface area contributed by atoms with Gasteiger partial charge in [0.1, 0.15) is 0 Å². The number of aromatic nitrogens is 2. The van der Waals surface area contributed by atoms with Crippen molar-refractivity contribution in [2.75, 3.05) is 13.1 Å². The summed E-state index contributed by atoms with van der Waals surface area (Å²) in [6.07, 6.45) is 6.51. The van der Waals surface area contributed by atoms with Crippen molar-refractivity contribution in [3.63, 3.8) is 0 Å². The highest BCUT2D eigenvalue weighted by atomic mass is 16.2. The average molecular weight is 257 g/mol. The van der Waals surface area contributed by atoms with Gasteiger partial charge in [0.15, 0.2) is 0 Å². The summed E-state index contributed by atoms with van der Waals surface area (Å²) in [6, 6.07) is 5.78. The fourth-order valence-electron chi connectivity index (χ4n) is 2.72. The van der Waals surface area contributed by atoms with Gasteiger partial charge in [-0.3, -0.25) is 4.79 Å². The molecule has 100 valence electrons. The van der Waals surface area contributed by atoms with Gasteiger partial charge >= 0.3 is 0 Å². The molecule has 1 saturated heterocycles. The molecule has 19 heavy (non-hydrogen) atoms. The first-order valence-electron chi connectivity index (χ1n) is 6.96. The Labute approximate surface area is 113 Å². The molecule has 1 amide bonds. The second-order valence-corrected chi connectivity index (χ2v) is 5.27. The monoisotopic (exact) mass is 257 g/mol. The van der Waals surface area contributed by atoms with Crippen molar-refractivity contribution in [3.8, 4) is 0 Å². The van der Waals surface area contributed by atoms with Gasteiger partial charge in [-0.05, 0) is 31.0 Å². The van der Waals surface area contributed by atoms with Crippen molar-refractivity contribution >= 4 is 16.9 Å².